The van der Waals surface area contributed by atoms with Gasteiger partial charge in [0.1, 0.15) is 0 Å². The van der Waals surface area contributed by atoms with E-state index in [-0.39, 0.29) is 0 Å². The van der Waals surface area contributed by atoms with Crippen LogP contribution in [0.3, 0.4) is 0 Å². The number of ether oxygens (including phenoxy) is 2. The van der Waals surface area contributed by atoms with Gasteiger partial charge in [0, 0.05) is 13.1 Å². The summed E-state index contributed by atoms with van der Waals surface area (Å²) in [6.07, 6.45) is 2.34. The average molecular weight is 321 g/mol. The lowest BCUT2D eigenvalue weighted by Gasteiger charge is -2.20. The summed E-state index contributed by atoms with van der Waals surface area (Å²) in [6.45, 7) is 1.96. The Bertz CT molecular complexity index is 860. The molecule has 1 saturated heterocycles. The smallest absolute Gasteiger partial charge is 0.263 e. The number of nitrogens with zero attached hydrogens (tertiary/aromatic N) is 3. The number of anilines is 1. The van der Waals surface area contributed by atoms with Gasteiger partial charge in [0.25, 0.3) is 5.88 Å². The number of hydrogen-bond donors (Lipinski definition) is 0. The first-order chi connectivity index (χ1) is 11.8. The third-order valence-corrected chi connectivity index (χ3v) is 4.20. The number of fused-ring (bicyclic) bond motifs is 1. The predicted molar refractivity (Wildman–Crippen MR) is 94.1 cm³/mol. The Kier molecular flexibility index (Phi) is 3.91. The van der Waals surface area contributed by atoms with Gasteiger partial charge in [0.2, 0.25) is 0 Å². The molecule has 1 aliphatic rings. The predicted octanol–water partition coefficient (Wildman–Crippen LogP) is 4.03. The first kappa shape index (κ1) is 14.8. The zero-order valence-electron chi connectivity index (χ0n) is 13.6. The summed E-state index contributed by atoms with van der Waals surface area (Å²) < 4.78 is 11.5. The highest BCUT2D eigenvalue weighted by atomic mass is 16.5. The van der Waals surface area contributed by atoms with Crippen molar-refractivity contribution in [1.82, 2.24) is 9.97 Å². The zero-order chi connectivity index (χ0) is 16.4. The molecule has 0 N–H and O–H groups in total. The molecule has 5 heteroatoms. The van der Waals surface area contributed by atoms with Crippen molar-refractivity contribution in [2.45, 2.75) is 12.8 Å². The standard InChI is InChI=1S/C19H19N3O2/c1-23-16-10-4-5-11-17(16)24-19-18(22-12-6-7-13-22)20-14-8-2-3-9-15(14)21-19/h2-5,8-11H,6-7,12-13H2,1H3. The van der Waals surface area contributed by atoms with Crippen LogP contribution in [0, 0.1) is 0 Å². The van der Waals surface area contributed by atoms with Crippen LogP contribution in [0.1, 0.15) is 12.8 Å². The van der Waals surface area contributed by atoms with E-state index in [1.165, 1.54) is 12.8 Å². The topological polar surface area (TPSA) is 47.5 Å². The molecular formula is C19H19N3O2. The Labute approximate surface area is 140 Å². The number of benzene rings is 2. The summed E-state index contributed by atoms with van der Waals surface area (Å²) in [6, 6.07) is 15.5. The molecule has 0 bridgehead atoms. The molecule has 24 heavy (non-hydrogen) atoms. The Morgan fingerprint density at radius 3 is 2.17 bits per heavy atom. The minimum atomic E-state index is 0.528. The van der Waals surface area contributed by atoms with E-state index >= 15 is 0 Å². The van der Waals surface area contributed by atoms with Gasteiger partial charge in [-0.25, -0.2) is 9.97 Å². The monoisotopic (exact) mass is 321 g/mol. The maximum atomic E-state index is 6.11. The minimum Gasteiger partial charge on any atom is -0.493 e. The summed E-state index contributed by atoms with van der Waals surface area (Å²) in [4.78, 5) is 11.8. The number of aromatic nitrogens is 2. The number of para-hydroxylation sites is 4. The minimum absolute atomic E-state index is 0.528. The van der Waals surface area contributed by atoms with Gasteiger partial charge < -0.3 is 14.4 Å². The molecule has 1 aromatic heterocycles. The maximum absolute atomic E-state index is 6.11. The molecule has 2 heterocycles. The van der Waals surface area contributed by atoms with Crippen molar-refractivity contribution in [3.05, 3.63) is 48.5 Å². The fraction of sp³-hybridized carbons (Fsp3) is 0.263. The van der Waals surface area contributed by atoms with Crippen LogP contribution < -0.4 is 14.4 Å². The van der Waals surface area contributed by atoms with Gasteiger partial charge in [-0.3, -0.25) is 0 Å². The van der Waals surface area contributed by atoms with Crippen molar-refractivity contribution in [3.8, 4) is 17.4 Å². The van der Waals surface area contributed by atoms with E-state index in [1.54, 1.807) is 7.11 Å². The molecular weight excluding hydrogens is 302 g/mol. The summed E-state index contributed by atoms with van der Waals surface area (Å²) in [5.41, 5.74) is 1.71. The van der Waals surface area contributed by atoms with E-state index < -0.39 is 0 Å². The van der Waals surface area contributed by atoms with Gasteiger partial charge in [-0.05, 0) is 37.1 Å². The third kappa shape index (κ3) is 2.73. The second kappa shape index (κ2) is 6.35. The Hall–Kier alpha value is -2.82. The van der Waals surface area contributed by atoms with Crippen molar-refractivity contribution in [2.24, 2.45) is 0 Å². The summed E-state index contributed by atoms with van der Waals surface area (Å²) in [5, 5.41) is 0. The van der Waals surface area contributed by atoms with Crippen LogP contribution in [0.5, 0.6) is 17.4 Å². The molecule has 0 atom stereocenters. The average Bonchev–Trinajstić information content (AvgIpc) is 3.16. The molecule has 1 fully saturated rings. The molecule has 0 saturated carbocycles. The third-order valence-electron chi connectivity index (χ3n) is 4.20. The van der Waals surface area contributed by atoms with Crippen molar-refractivity contribution >= 4 is 16.9 Å². The fourth-order valence-corrected chi connectivity index (χ4v) is 2.99. The maximum Gasteiger partial charge on any atom is 0.263 e. The van der Waals surface area contributed by atoms with Crippen LogP contribution in [0.25, 0.3) is 11.0 Å². The van der Waals surface area contributed by atoms with Gasteiger partial charge in [-0.15, -0.1) is 0 Å². The van der Waals surface area contributed by atoms with Gasteiger partial charge >= 0.3 is 0 Å². The fourth-order valence-electron chi connectivity index (χ4n) is 2.99. The Morgan fingerprint density at radius 2 is 1.46 bits per heavy atom. The van der Waals surface area contributed by atoms with Crippen molar-refractivity contribution < 1.29 is 9.47 Å². The van der Waals surface area contributed by atoms with E-state index in [0.717, 1.165) is 29.9 Å². The first-order valence-corrected chi connectivity index (χ1v) is 8.18. The summed E-state index contributed by atoms with van der Waals surface area (Å²) in [5.74, 6) is 2.65. The number of rotatable bonds is 4. The lowest BCUT2D eigenvalue weighted by Crippen LogP contribution is -2.20. The first-order valence-electron chi connectivity index (χ1n) is 8.18. The van der Waals surface area contributed by atoms with Gasteiger partial charge in [0.05, 0.1) is 18.1 Å². The summed E-state index contributed by atoms with van der Waals surface area (Å²) in [7, 11) is 1.63. The number of methoxy groups -OCH3 is 1. The van der Waals surface area contributed by atoms with E-state index in [0.29, 0.717) is 17.4 Å². The molecule has 122 valence electrons. The second-order valence-corrected chi connectivity index (χ2v) is 5.79. The number of hydrogen-bond acceptors (Lipinski definition) is 5. The molecule has 1 aliphatic heterocycles. The van der Waals surface area contributed by atoms with E-state index in [9.17, 15) is 0 Å². The highest BCUT2D eigenvalue weighted by Gasteiger charge is 2.21. The van der Waals surface area contributed by atoms with E-state index in [1.807, 2.05) is 48.5 Å². The van der Waals surface area contributed by atoms with Crippen molar-refractivity contribution in [1.29, 1.82) is 0 Å². The highest BCUT2D eigenvalue weighted by Crippen LogP contribution is 2.36. The molecule has 0 unspecified atom stereocenters. The molecule has 0 spiro atoms. The normalized spacial score (nSPS) is 14.1. The SMILES string of the molecule is COc1ccccc1Oc1nc2ccccc2nc1N1CCCC1. The van der Waals surface area contributed by atoms with E-state index in [2.05, 4.69) is 4.90 Å². The van der Waals surface area contributed by atoms with Crippen LogP contribution in [0.15, 0.2) is 48.5 Å². The van der Waals surface area contributed by atoms with Crippen molar-refractivity contribution in [3.63, 3.8) is 0 Å². The van der Waals surface area contributed by atoms with Crippen LogP contribution in [-0.4, -0.2) is 30.2 Å². The van der Waals surface area contributed by atoms with Gasteiger partial charge in [-0.1, -0.05) is 24.3 Å². The van der Waals surface area contributed by atoms with Crippen LogP contribution in [-0.2, 0) is 0 Å². The largest absolute Gasteiger partial charge is 0.493 e. The molecule has 5 nitrogen and oxygen atoms in total. The molecule has 4 rings (SSSR count). The molecule has 2 aromatic carbocycles. The van der Waals surface area contributed by atoms with E-state index in [4.69, 9.17) is 19.4 Å². The second-order valence-electron chi connectivity index (χ2n) is 5.79. The van der Waals surface area contributed by atoms with Gasteiger partial charge in [-0.2, -0.15) is 0 Å². The lowest BCUT2D eigenvalue weighted by molar-refractivity contribution is 0.374. The highest BCUT2D eigenvalue weighted by molar-refractivity contribution is 5.77. The zero-order valence-corrected chi connectivity index (χ0v) is 13.6. The summed E-state index contributed by atoms with van der Waals surface area (Å²) >= 11 is 0. The Morgan fingerprint density at radius 1 is 0.833 bits per heavy atom. The lowest BCUT2D eigenvalue weighted by atomic mass is 10.3. The van der Waals surface area contributed by atoms with Crippen LogP contribution >= 0.6 is 0 Å². The molecule has 0 radical (unpaired) electrons. The quantitative estimate of drug-likeness (QED) is 0.726. The molecule has 0 aliphatic carbocycles. The Balaban J connectivity index is 1.81. The van der Waals surface area contributed by atoms with Crippen LogP contribution in [0.2, 0.25) is 0 Å². The van der Waals surface area contributed by atoms with Crippen LogP contribution in [0.4, 0.5) is 5.82 Å². The van der Waals surface area contributed by atoms with Gasteiger partial charge in [0.15, 0.2) is 17.3 Å². The molecule has 0 amide bonds. The molecule has 3 aromatic rings. The van der Waals surface area contributed by atoms with Crippen molar-refractivity contribution in [2.75, 3.05) is 25.1 Å².